The molecule has 0 radical (unpaired) electrons. The number of fused-ring (bicyclic) bond motifs is 1. The van der Waals surface area contributed by atoms with E-state index in [1.807, 2.05) is 24.3 Å². The Balaban J connectivity index is 1.79. The van der Waals surface area contributed by atoms with Gasteiger partial charge in [-0.05, 0) is 6.07 Å². The standard InChI is InChI=1S/C22H25N3O3S/c1-22(2,3)21-24-18-9-7-6-8-17(18)20(25-21)29-13-19(26)23-14-10-15(27-4)12-16(11-14)28-5/h6-12H,13H2,1-5H3,(H,23,26). The molecule has 2 aromatic carbocycles. The van der Waals surface area contributed by atoms with E-state index in [2.05, 4.69) is 31.1 Å². The number of nitrogens with zero attached hydrogens (tertiary/aromatic N) is 2. The first kappa shape index (κ1) is 20.9. The molecule has 0 aliphatic carbocycles. The Morgan fingerprint density at radius 2 is 1.69 bits per heavy atom. The molecule has 7 heteroatoms. The van der Waals surface area contributed by atoms with Crippen molar-refractivity contribution >= 4 is 34.3 Å². The fraction of sp³-hybridized carbons (Fsp3) is 0.318. The summed E-state index contributed by atoms with van der Waals surface area (Å²) in [7, 11) is 3.15. The van der Waals surface area contributed by atoms with E-state index < -0.39 is 0 Å². The largest absolute Gasteiger partial charge is 0.497 e. The fourth-order valence-electron chi connectivity index (χ4n) is 2.70. The van der Waals surface area contributed by atoms with Crippen molar-refractivity contribution in [1.29, 1.82) is 0 Å². The lowest BCUT2D eigenvalue weighted by molar-refractivity contribution is -0.113. The fourth-order valence-corrected chi connectivity index (χ4v) is 3.52. The Labute approximate surface area is 175 Å². The minimum atomic E-state index is -0.182. The summed E-state index contributed by atoms with van der Waals surface area (Å²) < 4.78 is 10.5. The molecule has 3 aromatic rings. The lowest BCUT2D eigenvalue weighted by atomic mass is 9.95. The van der Waals surface area contributed by atoms with Gasteiger partial charge in [0.2, 0.25) is 5.91 Å². The number of carbonyl (C=O) groups is 1. The molecule has 3 rings (SSSR count). The summed E-state index contributed by atoms with van der Waals surface area (Å²) in [6.45, 7) is 6.23. The van der Waals surface area contributed by atoms with Gasteiger partial charge in [-0.2, -0.15) is 0 Å². The van der Waals surface area contributed by atoms with Crippen molar-refractivity contribution in [3.8, 4) is 11.5 Å². The van der Waals surface area contributed by atoms with Crippen LogP contribution in [0.4, 0.5) is 5.69 Å². The molecule has 29 heavy (non-hydrogen) atoms. The predicted molar refractivity (Wildman–Crippen MR) is 117 cm³/mol. The zero-order valence-corrected chi connectivity index (χ0v) is 18.1. The molecule has 0 fully saturated rings. The number of nitrogens with one attached hydrogen (secondary N) is 1. The van der Waals surface area contributed by atoms with E-state index in [-0.39, 0.29) is 17.1 Å². The predicted octanol–water partition coefficient (Wildman–Crippen LogP) is 4.68. The smallest absolute Gasteiger partial charge is 0.234 e. The summed E-state index contributed by atoms with van der Waals surface area (Å²) >= 11 is 1.40. The summed E-state index contributed by atoms with van der Waals surface area (Å²) in [4.78, 5) is 22.0. The van der Waals surface area contributed by atoms with Gasteiger partial charge in [-0.3, -0.25) is 4.79 Å². The number of carbonyl (C=O) groups excluding carboxylic acids is 1. The highest BCUT2D eigenvalue weighted by molar-refractivity contribution is 8.00. The third kappa shape index (κ3) is 5.17. The Kier molecular flexibility index (Phi) is 6.27. The number of amides is 1. The van der Waals surface area contributed by atoms with E-state index in [4.69, 9.17) is 14.5 Å². The molecule has 1 amide bonds. The van der Waals surface area contributed by atoms with Crippen molar-refractivity contribution in [3.05, 3.63) is 48.3 Å². The molecule has 0 aliphatic heterocycles. The quantitative estimate of drug-likeness (QED) is 0.469. The first-order chi connectivity index (χ1) is 13.8. The Bertz CT molecular complexity index is 1010. The average Bonchev–Trinajstić information content (AvgIpc) is 2.70. The third-order valence-electron chi connectivity index (χ3n) is 4.21. The number of hydrogen-bond donors (Lipinski definition) is 1. The molecule has 0 spiro atoms. The van der Waals surface area contributed by atoms with Gasteiger partial charge in [0.15, 0.2) is 0 Å². The Hall–Kier alpha value is -2.80. The van der Waals surface area contributed by atoms with Crippen LogP contribution in [0.1, 0.15) is 26.6 Å². The summed E-state index contributed by atoms with van der Waals surface area (Å²) in [5.74, 6) is 2.08. The summed E-state index contributed by atoms with van der Waals surface area (Å²) in [6, 6.07) is 13.1. The minimum Gasteiger partial charge on any atom is -0.497 e. The molecule has 0 aliphatic rings. The number of ether oxygens (including phenoxy) is 2. The van der Waals surface area contributed by atoms with Crippen molar-refractivity contribution in [2.24, 2.45) is 0 Å². The van der Waals surface area contributed by atoms with Crippen LogP contribution in [0.2, 0.25) is 0 Å². The van der Waals surface area contributed by atoms with Crippen LogP contribution in [-0.4, -0.2) is 35.8 Å². The van der Waals surface area contributed by atoms with Gasteiger partial charge >= 0.3 is 0 Å². The van der Waals surface area contributed by atoms with Gasteiger partial charge in [0.25, 0.3) is 0 Å². The maximum Gasteiger partial charge on any atom is 0.234 e. The molecule has 0 unspecified atom stereocenters. The summed E-state index contributed by atoms with van der Waals surface area (Å²) in [6.07, 6.45) is 0. The maximum atomic E-state index is 12.5. The molecule has 1 aromatic heterocycles. The zero-order chi connectivity index (χ0) is 21.0. The monoisotopic (exact) mass is 411 g/mol. The lowest BCUT2D eigenvalue weighted by Gasteiger charge is -2.18. The minimum absolute atomic E-state index is 0.134. The molecule has 152 valence electrons. The highest BCUT2D eigenvalue weighted by atomic mass is 32.2. The van der Waals surface area contributed by atoms with Gasteiger partial charge in [0.1, 0.15) is 22.3 Å². The number of rotatable bonds is 6. The van der Waals surface area contributed by atoms with Crippen LogP contribution in [0.5, 0.6) is 11.5 Å². The Morgan fingerprint density at radius 3 is 2.31 bits per heavy atom. The number of thioether (sulfide) groups is 1. The molecule has 0 saturated heterocycles. The summed E-state index contributed by atoms with van der Waals surface area (Å²) in [5, 5.41) is 4.64. The van der Waals surface area contributed by atoms with Gasteiger partial charge in [-0.25, -0.2) is 9.97 Å². The molecular formula is C22H25N3O3S. The van der Waals surface area contributed by atoms with Gasteiger partial charge in [0.05, 0.1) is 25.5 Å². The van der Waals surface area contributed by atoms with Crippen LogP contribution in [0.15, 0.2) is 47.5 Å². The van der Waals surface area contributed by atoms with Crippen LogP contribution in [0.25, 0.3) is 10.9 Å². The Morgan fingerprint density at radius 1 is 1.03 bits per heavy atom. The SMILES string of the molecule is COc1cc(NC(=O)CSc2nc(C(C)(C)C)nc3ccccc23)cc(OC)c1. The van der Waals surface area contributed by atoms with E-state index in [1.54, 1.807) is 32.4 Å². The van der Waals surface area contributed by atoms with E-state index in [9.17, 15) is 4.79 Å². The zero-order valence-electron chi connectivity index (χ0n) is 17.3. The molecule has 1 N–H and O–H groups in total. The molecular weight excluding hydrogens is 386 g/mol. The lowest BCUT2D eigenvalue weighted by Crippen LogP contribution is -2.17. The first-order valence-corrected chi connectivity index (χ1v) is 10.2. The molecule has 0 bridgehead atoms. The van der Waals surface area contributed by atoms with E-state index >= 15 is 0 Å². The van der Waals surface area contributed by atoms with Crippen molar-refractivity contribution in [2.75, 3.05) is 25.3 Å². The van der Waals surface area contributed by atoms with Crippen molar-refractivity contribution in [2.45, 2.75) is 31.2 Å². The number of hydrogen-bond acceptors (Lipinski definition) is 6. The second-order valence-electron chi connectivity index (χ2n) is 7.56. The van der Waals surface area contributed by atoms with E-state index in [0.717, 1.165) is 21.8 Å². The summed E-state index contributed by atoms with van der Waals surface area (Å²) in [5.41, 5.74) is 1.32. The highest BCUT2D eigenvalue weighted by Crippen LogP contribution is 2.30. The van der Waals surface area contributed by atoms with Gasteiger partial charge < -0.3 is 14.8 Å². The number of aromatic nitrogens is 2. The van der Waals surface area contributed by atoms with Crippen molar-refractivity contribution < 1.29 is 14.3 Å². The highest BCUT2D eigenvalue weighted by Gasteiger charge is 2.20. The average molecular weight is 412 g/mol. The van der Waals surface area contributed by atoms with E-state index in [1.165, 1.54) is 11.8 Å². The van der Waals surface area contributed by atoms with Crippen LogP contribution in [-0.2, 0) is 10.2 Å². The first-order valence-electron chi connectivity index (χ1n) is 9.23. The third-order valence-corrected chi connectivity index (χ3v) is 5.21. The number of benzene rings is 2. The van der Waals surface area contributed by atoms with Gasteiger partial charge in [-0.1, -0.05) is 50.7 Å². The van der Waals surface area contributed by atoms with Crippen LogP contribution in [0.3, 0.4) is 0 Å². The topological polar surface area (TPSA) is 73.3 Å². The van der Waals surface area contributed by atoms with E-state index in [0.29, 0.717) is 17.2 Å². The molecule has 6 nitrogen and oxygen atoms in total. The number of para-hydroxylation sites is 1. The maximum absolute atomic E-state index is 12.5. The molecule has 0 saturated carbocycles. The molecule has 0 atom stereocenters. The van der Waals surface area contributed by atoms with Crippen LogP contribution >= 0.6 is 11.8 Å². The number of anilines is 1. The molecule has 1 heterocycles. The van der Waals surface area contributed by atoms with Crippen molar-refractivity contribution in [3.63, 3.8) is 0 Å². The second-order valence-corrected chi connectivity index (χ2v) is 8.52. The van der Waals surface area contributed by atoms with Crippen LogP contribution in [0, 0.1) is 0 Å². The van der Waals surface area contributed by atoms with Crippen molar-refractivity contribution in [1.82, 2.24) is 9.97 Å². The number of methoxy groups -OCH3 is 2. The second kappa shape index (κ2) is 8.69. The van der Waals surface area contributed by atoms with Crippen LogP contribution < -0.4 is 14.8 Å². The van der Waals surface area contributed by atoms with Gasteiger partial charge in [0, 0.05) is 34.7 Å². The van der Waals surface area contributed by atoms with Gasteiger partial charge in [-0.15, -0.1) is 0 Å². The normalized spacial score (nSPS) is 11.3.